The van der Waals surface area contributed by atoms with Crippen LogP contribution in [0.25, 0.3) is 11.0 Å². The lowest BCUT2D eigenvalue weighted by Gasteiger charge is -2.47. The number of carbonyl (C=O) groups excluding carboxylic acids is 2. The van der Waals surface area contributed by atoms with Crippen LogP contribution >= 0.6 is 0 Å². The van der Waals surface area contributed by atoms with Crippen LogP contribution in [0.2, 0.25) is 0 Å². The predicted octanol–water partition coefficient (Wildman–Crippen LogP) is 4.21. The van der Waals surface area contributed by atoms with Gasteiger partial charge in [-0.05, 0) is 63.2 Å². The van der Waals surface area contributed by atoms with E-state index in [0.29, 0.717) is 11.5 Å². The Balaban J connectivity index is 1.39. The normalized spacial score (nSPS) is 20.7. The summed E-state index contributed by atoms with van der Waals surface area (Å²) in [6.07, 6.45) is -6.08. The molecule has 0 radical (unpaired) electrons. The standard InChI is InChI=1S/C32H32N2O11/c1-16-21(42-30-24(36)26(44-31(33)39)27(40-4)32(2,3)45-30)14-13-20-23(35)22(29(38)43-25(16)20)34-28(37)17-9-8-12-19(15-17)41-18-10-6-5-7-11-18/h5-15,24,26-27,30,35-36H,1-4H3,(H2,33,39)(H,34,37)/t24-,26+,27-,30-/m1/s1. The Hall–Kier alpha value is -5.11. The quantitative estimate of drug-likeness (QED) is 0.207. The SMILES string of the molecule is CO[C@@H]1[C@@H](OC(N)=O)[C@@H](O)[C@H](Oc2ccc3c(O)c(NC(=O)c4cccc(Oc5ccccc5)c4)c(=O)oc3c2C)OC1(C)C. The zero-order valence-corrected chi connectivity index (χ0v) is 24.8. The van der Waals surface area contributed by atoms with E-state index in [0.717, 1.165) is 0 Å². The van der Waals surface area contributed by atoms with E-state index in [1.165, 1.54) is 31.4 Å². The highest BCUT2D eigenvalue weighted by Crippen LogP contribution is 2.38. The van der Waals surface area contributed by atoms with Gasteiger partial charge in [-0.15, -0.1) is 0 Å². The molecule has 13 nitrogen and oxygen atoms in total. The third-order valence-electron chi connectivity index (χ3n) is 7.33. The van der Waals surface area contributed by atoms with Gasteiger partial charge in [0.05, 0.1) is 11.0 Å². The Morgan fingerprint density at radius 2 is 1.73 bits per heavy atom. The summed E-state index contributed by atoms with van der Waals surface area (Å²) >= 11 is 0. The number of carbonyl (C=O) groups is 2. The van der Waals surface area contributed by atoms with Crippen molar-refractivity contribution in [3.8, 4) is 23.0 Å². The van der Waals surface area contributed by atoms with Gasteiger partial charge in [0.15, 0.2) is 23.6 Å². The summed E-state index contributed by atoms with van der Waals surface area (Å²) in [5, 5.41) is 24.5. The number of nitrogens with one attached hydrogen (secondary N) is 1. The van der Waals surface area contributed by atoms with Crippen LogP contribution in [-0.2, 0) is 14.2 Å². The highest BCUT2D eigenvalue weighted by atomic mass is 16.7. The molecule has 45 heavy (non-hydrogen) atoms. The molecule has 1 aliphatic rings. The van der Waals surface area contributed by atoms with E-state index in [1.54, 1.807) is 45.0 Å². The summed E-state index contributed by atoms with van der Waals surface area (Å²) < 4.78 is 33.7. The Bertz CT molecular complexity index is 1790. The van der Waals surface area contributed by atoms with Crippen molar-refractivity contribution in [2.75, 3.05) is 12.4 Å². The average molecular weight is 621 g/mol. The third-order valence-corrected chi connectivity index (χ3v) is 7.33. The van der Waals surface area contributed by atoms with Gasteiger partial charge in [-0.3, -0.25) is 4.79 Å². The number of ether oxygens (including phenoxy) is 5. The highest BCUT2D eigenvalue weighted by Gasteiger charge is 2.53. The summed E-state index contributed by atoms with van der Waals surface area (Å²) in [5.74, 6) is -0.0971. The second kappa shape index (κ2) is 12.5. The summed E-state index contributed by atoms with van der Waals surface area (Å²) in [4.78, 5) is 37.6. The van der Waals surface area contributed by atoms with Crippen LogP contribution in [0.15, 0.2) is 75.9 Å². The van der Waals surface area contributed by atoms with Gasteiger partial charge < -0.3 is 49.4 Å². The molecule has 1 aromatic heterocycles. The topological polar surface area (TPSA) is 189 Å². The molecule has 2 heterocycles. The Kier molecular flexibility index (Phi) is 8.68. The second-order valence-electron chi connectivity index (χ2n) is 10.8. The van der Waals surface area contributed by atoms with Gasteiger partial charge in [-0.25, -0.2) is 9.59 Å². The second-order valence-corrected chi connectivity index (χ2v) is 10.8. The van der Waals surface area contributed by atoms with E-state index in [2.05, 4.69) is 5.32 Å². The third kappa shape index (κ3) is 6.41. The number of aryl methyl sites for hydroxylation is 1. The first-order chi connectivity index (χ1) is 21.4. The molecule has 0 spiro atoms. The zero-order valence-electron chi connectivity index (χ0n) is 24.8. The van der Waals surface area contributed by atoms with E-state index in [1.807, 2.05) is 18.2 Å². The van der Waals surface area contributed by atoms with Gasteiger partial charge in [-0.2, -0.15) is 0 Å². The van der Waals surface area contributed by atoms with Crippen LogP contribution in [0.3, 0.4) is 0 Å². The van der Waals surface area contributed by atoms with Crippen molar-refractivity contribution in [1.29, 1.82) is 0 Å². The lowest BCUT2D eigenvalue weighted by molar-refractivity contribution is -0.304. The fraction of sp³-hybridized carbons (Fsp3) is 0.281. The van der Waals surface area contributed by atoms with Crippen molar-refractivity contribution >= 4 is 28.7 Å². The largest absolute Gasteiger partial charge is 0.505 e. The molecule has 0 saturated carbocycles. The number of nitrogens with two attached hydrogens (primary N) is 1. The van der Waals surface area contributed by atoms with Gasteiger partial charge in [0.2, 0.25) is 6.29 Å². The highest BCUT2D eigenvalue weighted by molar-refractivity contribution is 6.06. The Labute approximate surface area is 257 Å². The molecule has 5 rings (SSSR count). The first kappa shape index (κ1) is 31.3. The molecule has 0 bridgehead atoms. The minimum absolute atomic E-state index is 0.0319. The summed E-state index contributed by atoms with van der Waals surface area (Å²) in [5.41, 5.74) is 3.06. The van der Waals surface area contributed by atoms with E-state index in [-0.39, 0.29) is 27.8 Å². The first-order valence-corrected chi connectivity index (χ1v) is 13.8. The molecule has 3 aromatic carbocycles. The van der Waals surface area contributed by atoms with Crippen molar-refractivity contribution < 1.29 is 47.9 Å². The van der Waals surface area contributed by atoms with Gasteiger partial charge in [0.1, 0.15) is 28.9 Å². The van der Waals surface area contributed by atoms with Gasteiger partial charge in [0, 0.05) is 18.2 Å². The Morgan fingerprint density at radius 1 is 1.02 bits per heavy atom. The van der Waals surface area contributed by atoms with E-state index < -0.39 is 59.3 Å². The van der Waals surface area contributed by atoms with Crippen LogP contribution in [0.4, 0.5) is 10.5 Å². The number of aromatic hydroxyl groups is 1. The molecule has 4 aromatic rings. The minimum atomic E-state index is -1.51. The number of hydrogen-bond donors (Lipinski definition) is 4. The summed E-state index contributed by atoms with van der Waals surface area (Å²) in [7, 11) is 1.37. The van der Waals surface area contributed by atoms with Crippen molar-refractivity contribution in [3.63, 3.8) is 0 Å². The number of aliphatic hydroxyl groups is 1. The van der Waals surface area contributed by atoms with E-state index in [4.69, 9.17) is 33.8 Å². The molecule has 236 valence electrons. The number of primary amides is 1. The minimum Gasteiger partial charge on any atom is -0.505 e. The summed E-state index contributed by atoms with van der Waals surface area (Å²) in [6, 6.07) is 18.2. The number of benzene rings is 3. The Morgan fingerprint density at radius 3 is 2.42 bits per heavy atom. The fourth-order valence-electron chi connectivity index (χ4n) is 5.18. The maximum Gasteiger partial charge on any atom is 0.404 e. The fourth-order valence-corrected chi connectivity index (χ4v) is 5.18. The number of methoxy groups -OCH3 is 1. The molecular formula is C32H32N2O11. The van der Waals surface area contributed by atoms with Crippen molar-refractivity contribution in [2.45, 2.75) is 51.0 Å². The summed E-state index contributed by atoms with van der Waals surface area (Å²) in [6.45, 7) is 4.88. The van der Waals surface area contributed by atoms with Crippen molar-refractivity contribution in [3.05, 3.63) is 88.3 Å². The predicted molar refractivity (Wildman–Crippen MR) is 161 cm³/mol. The van der Waals surface area contributed by atoms with Crippen LogP contribution < -0.4 is 26.1 Å². The number of amides is 2. The van der Waals surface area contributed by atoms with Crippen LogP contribution in [0.5, 0.6) is 23.0 Å². The van der Waals surface area contributed by atoms with Crippen molar-refractivity contribution in [1.82, 2.24) is 0 Å². The maximum absolute atomic E-state index is 13.1. The number of rotatable bonds is 8. The molecule has 0 aliphatic carbocycles. The molecule has 1 saturated heterocycles. The molecule has 0 unspecified atom stereocenters. The first-order valence-electron chi connectivity index (χ1n) is 13.8. The maximum atomic E-state index is 13.1. The lowest BCUT2D eigenvalue weighted by atomic mass is 9.89. The number of aliphatic hydroxyl groups excluding tert-OH is 1. The van der Waals surface area contributed by atoms with Crippen molar-refractivity contribution in [2.24, 2.45) is 5.73 Å². The monoisotopic (exact) mass is 620 g/mol. The molecule has 2 amide bonds. The lowest BCUT2D eigenvalue weighted by Crippen LogP contribution is -2.65. The molecule has 1 fully saturated rings. The van der Waals surface area contributed by atoms with Gasteiger partial charge in [0.25, 0.3) is 5.91 Å². The van der Waals surface area contributed by atoms with Gasteiger partial charge >= 0.3 is 11.7 Å². The number of anilines is 1. The number of hydrogen-bond acceptors (Lipinski definition) is 11. The molecule has 13 heteroatoms. The van der Waals surface area contributed by atoms with Crippen LogP contribution in [0.1, 0.15) is 29.8 Å². The number of para-hydroxylation sites is 1. The molecular weight excluding hydrogens is 588 g/mol. The zero-order chi connectivity index (χ0) is 32.5. The van der Waals surface area contributed by atoms with Crippen LogP contribution in [-0.4, -0.2) is 59.5 Å². The molecule has 1 aliphatic heterocycles. The van der Waals surface area contributed by atoms with E-state index >= 15 is 0 Å². The number of fused-ring (bicyclic) bond motifs is 1. The molecule has 4 atom stereocenters. The average Bonchev–Trinajstić information content (AvgIpc) is 2.99. The molecule has 5 N–H and O–H groups in total. The van der Waals surface area contributed by atoms with Crippen LogP contribution in [0, 0.1) is 6.92 Å². The van der Waals surface area contributed by atoms with Gasteiger partial charge in [-0.1, -0.05) is 24.3 Å². The van der Waals surface area contributed by atoms with E-state index in [9.17, 15) is 24.6 Å². The smallest absolute Gasteiger partial charge is 0.404 e.